The number of fused-ring (bicyclic) bond motifs is 1. The third-order valence-corrected chi connectivity index (χ3v) is 2.76. The number of hydrogen-bond acceptors (Lipinski definition) is 5. The first kappa shape index (κ1) is 9.23. The SMILES string of the molecule is Nc1c(NCCO)ccc2scnc12. The van der Waals surface area contributed by atoms with E-state index >= 15 is 0 Å². The fourth-order valence-electron chi connectivity index (χ4n) is 1.30. The topological polar surface area (TPSA) is 71.2 Å². The van der Waals surface area contributed by atoms with Gasteiger partial charge in [-0.05, 0) is 12.1 Å². The molecule has 74 valence electrons. The van der Waals surface area contributed by atoms with Gasteiger partial charge in [-0.15, -0.1) is 11.3 Å². The van der Waals surface area contributed by atoms with Crippen LogP contribution in [0.25, 0.3) is 10.2 Å². The molecule has 5 heteroatoms. The lowest BCUT2D eigenvalue weighted by Gasteiger charge is -2.07. The molecule has 0 fully saturated rings. The number of rotatable bonds is 3. The summed E-state index contributed by atoms with van der Waals surface area (Å²) < 4.78 is 1.08. The van der Waals surface area contributed by atoms with Gasteiger partial charge in [0, 0.05) is 6.54 Å². The van der Waals surface area contributed by atoms with Crippen molar-refractivity contribution in [2.45, 2.75) is 0 Å². The first-order valence-electron chi connectivity index (χ1n) is 4.29. The average molecular weight is 209 g/mol. The molecular formula is C9H11N3OS. The van der Waals surface area contributed by atoms with Crippen LogP contribution in [0.3, 0.4) is 0 Å². The monoisotopic (exact) mass is 209 g/mol. The molecule has 0 unspecified atom stereocenters. The lowest BCUT2D eigenvalue weighted by molar-refractivity contribution is 0.311. The second-order valence-corrected chi connectivity index (χ2v) is 3.76. The lowest BCUT2D eigenvalue weighted by Crippen LogP contribution is -2.07. The number of thiazole rings is 1. The number of nitrogen functional groups attached to an aromatic ring is 1. The number of benzene rings is 1. The second kappa shape index (κ2) is 3.81. The summed E-state index contributed by atoms with van der Waals surface area (Å²) >= 11 is 1.57. The van der Waals surface area contributed by atoms with Crippen LogP contribution in [0.4, 0.5) is 11.4 Å². The molecule has 0 saturated heterocycles. The van der Waals surface area contributed by atoms with Crippen molar-refractivity contribution in [2.24, 2.45) is 0 Å². The van der Waals surface area contributed by atoms with Crippen LogP contribution in [-0.4, -0.2) is 23.2 Å². The van der Waals surface area contributed by atoms with Crippen LogP contribution in [0.1, 0.15) is 0 Å². The molecule has 0 bridgehead atoms. The number of aromatic nitrogens is 1. The van der Waals surface area contributed by atoms with Crippen LogP contribution in [0.2, 0.25) is 0 Å². The van der Waals surface area contributed by atoms with E-state index in [4.69, 9.17) is 10.8 Å². The summed E-state index contributed by atoms with van der Waals surface area (Å²) in [6, 6.07) is 3.88. The largest absolute Gasteiger partial charge is 0.395 e. The molecule has 0 saturated carbocycles. The molecule has 14 heavy (non-hydrogen) atoms. The zero-order chi connectivity index (χ0) is 9.97. The van der Waals surface area contributed by atoms with E-state index in [1.807, 2.05) is 12.1 Å². The van der Waals surface area contributed by atoms with E-state index in [1.54, 1.807) is 16.8 Å². The fraction of sp³-hybridized carbons (Fsp3) is 0.222. The maximum absolute atomic E-state index is 8.67. The van der Waals surface area contributed by atoms with E-state index < -0.39 is 0 Å². The van der Waals surface area contributed by atoms with Crippen LogP contribution >= 0.6 is 11.3 Å². The van der Waals surface area contributed by atoms with Crippen LogP contribution in [-0.2, 0) is 0 Å². The minimum atomic E-state index is 0.0918. The Balaban J connectivity index is 2.40. The van der Waals surface area contributed by atoms with Crippen molar-refractivity contribution >= 4 is 32.9 Å². The summed E-state index contributed by atoms with van der Waals surface area (Å²) in [7, 11) is 0. The summed E-state index contributed by atoms with van der Waals surface area (Å²) in [6.07, 6.45) is 0. The molecule has 2 rings (SSSR count). The molecule has 0 radical (unpaired) electrons. The first-order chi connectivity index (χ1) is 6.83. The molecule has 1 heterocycles. The highest BCUT2D eigenvalue weighted by Gasteiger charge is 2.05. The van der Waals surface area contributed by atoms with E-state index in [1.165, 1.54) is 0 Å². The molecule has 0 spiro atoms. The van der Waals surface area contributed by atoms with Gasteiger partial charge in [0.05, 0.1) is 28.2 Å². The zero-order valence-electron chi connectivity index (χ0n) is 7.53. The van der Waals surface area contributed by atoms with E-state index in [0.29, 0.717) is 12.2 Å². The standard InChI is InChI=1S/C9H11N3OS/c10-8-6(11-3-4-13)1-2-7-9(8)12-5-14-7/h1-2,5,11,13H,3-4,10H2. The van der Waals surface area contributed by atoms with E-state index in [0.717, 1.165) is 15.9 Å². The van der Waals surface area contributed by atoms with Crippen molar-refractivity contribution < 1.29 is 5.11 Å². The summed E-state index contributed by atoms with van der Waals surface area (Å²) in [5.74, 6) is 0. The Labute approximate surface area is 85.4 Å². The van der Waals surface area contributed by atoms with Gasteiger partial charge in [0.2, 0.25) is 0 Å². The lowest BCUT2D eigenvalue weighted by atomic mass is 10.2. The minimum absolute atomic E-state index is 0.0918. The van der Waals surface area contributed by atoms with Crippen molar-refractivity contribution in [3.8, 4) is 0 Å². The normalized spacial score (nSPS) is 10.6. The predicted octanol–water partition coefficient (Wildman–Crippen LogP) is 1.28. The summed E-state index contributed by atoms with van der Waals surface area (Å²) in [5.41, 5.74) is 9.99. The third kappa shape index (κ3) is 1.51. The Morgan fingerprint density at radius 3 is 3.14 bits per heavy atom. The molecule has 1 aromatic heterocycles. The molecule has 0 aliphatic carbocycles. The van der Waals surface area contributed by atoms with Gasteiger partial charge in [-0.25, -0.2) is 4.98 Å². The summed E-state index contributed by atoms with van der Waals surface area (Å²) in [5, 5.41) is 11.7. The Morgan fingerprint density at radius 1 is 1.50 bits per heavy atom. The molecule has 4 nitrogen and oxygen atoms in total. The molecule has 0 atom stereocenters. The summed E-state index contributed by atoms with van der Waals surface area (Å²) in [6.45, 7) is 0.592. The molecular weight excluding hydrogens is 198 g/mol. The van der Waals surface area contributed by atoms with Gasteiger partial charge in [0.1, 0.15) is 5.52 Å². The van der Waals surface area contributed by atoms with Gasteiger partial charge in [-0.2, -0.15) is 0 Å². The third-order valence-electron chi connectivity index (χ3n) is 1.97. The van der Waals surface area contributed by atoms with Crippen molar-refractivity contribution in [1.29, 1.82) is 0 Å². The molecule has 4 N–H and O–H groups in total. The highest BCUT2D eigenvalue weighted by atomic mass is 32.1. The number of nitrogens with two attached hydrogens (primary N) is 1. The molecule has 2 aromatic rings. The van der Waals surface area contributed by atoms with Crippen molar-refractivity contribution in [3.05, 3.63) is 17.6 Å². The van der Waals surface area contributed by atoms with Crippen molar-refractivity contribution in [1.82, 2.24) is 4.98 Å². The number of hydrogen-bond donors (Lipinski definition) is 3. The molecule has 0 aliphatic heterocycles. The van der Waals surface area contributed by atoms with E-state index in [-0.39, 0.29) is 6.61 Å². The number of anilines is 2. The molecule has 0 amide bonds. The van der Waals surface area contributed by atoms with Crippen LogP contribution in [0.5, 0.6) is 0 Å². The number of nitrogens with zero attached hydrogens (tertiary/aromatic N) is 1. The number of nitrogens with one attached hydrogen (secondary N) is 1. The van der Waals surface area contributed by atoms with Crippen molar-refractivity contribution in [2.75, 3.05) is 24.2 Å². The van der Waals surface area contributed by atoms with Gasteiger partial charge in [-0.3, -0.25) is 0 Å². The Morgan fingerprint density at radius 2 is 2.36 bits per heavy atom. The second-order valence-electron chi connectivity index (χ2n) is 2.88. The van der Waals surface area contributed by atoms with Gasteiger partial charge >= 0.3 is 0 Å². The maximum atomic E-state index is 8.67. The quantitative estimate of drug-likeness (QED) is 0.666. The Hall–Kier alpha value is -1.33. The van der Waals surface area contributed by atoms with Crippen LogP contribution in [0, 0.1) is 0 Å². The molecule has 0 aliphatic rings. The molecule has 1 aromatic carbocycles. The predicted molar refractivity (Wildman–Crippen MR) is 59.6 cm³/mol. The smallest absolute Gasteiger partial charge is 0.106 e. The Kier molecular flexibility index (Phi) is 2.51. The van der Waals surface area contributed by atoms with Gasteiger partial charge in [0.15, 0.2) is 0 Å². The number of aliphatic hydroxyl groups excluding tert-OH is 1. The van der Waals surface area contributed by atoms with Gasteiger partial charge < -0.3 is 16.2 Å². The van der Waals surface area contributed by atoms with Crippen molar-refractivity contribution in [3.63, 3.8) is 0 Å². The van der Waals surface area contributed by atoms with Gasteiger partial charge in [-0.1, -0.05) is 0 Å². The Bertz CT molecular complexity index is 441. The first-order valence-corrected chi connectivity index (χ1v) is 5.17. The average Bonchev–Trinajstić information content (AvgIpc) is 2.66. The van der Waals surface area contributed by atoms with E-state index in [2.05, 4.69) is 10.3 Å². The zero-order valence-corrected chi connectivity index (χ0v) is 8.34. The minimum Gasteiger partial charge on any atom is -0.395 e. The van der Waals surface area contributed by atoms with Crippen LogP contribution < -0.4 is 11.1 Å². The highest BCUT2D eigenvalue weighted by molar-refractivity contribution is 7.16. The maximum Gasteiger partial charge on any atom is 0.106 e. The van der Waals surface area contributed by atoms with Gasteiger partial charge in [0.25, 0.3) is 0 Å². The fourth-order valence-corrected chi connectivity index (χ4v) is 1.99. The van der Waals surface area contributed by atoms with E-state index in [9.17, 15) is 0 Å². The summed E-state index contributed by atoms with van der Waals surface area (Å²) in [4.78, 5) is 4.18. The highest BCUT2D eigenvalue weighted by Crippen LogP contribution is 2.29. The number of aliphatic hydroxyl groups is 1. The van der Waals surface area contributed by atoms with Crippen LogP contribution in [0.15, 0.2) is 17.6 Å².